The summed E-state index contributed by atoms with van der Waals surface area (Å²) in [5.74, 6) is -12.5. The lowest BCUT2D eigenvalue weighted by Gasteiger charge is -2.35. The predicted octanol–water partition coefficient (Wildman–Crippen LogP) is -3.96. The number of carbonyl (C=O) groups is 9. The van der Waals surface area contributed by atoms with Crippen molar-refractivity contribution in [3.05, 3.63) is 24.3 Å². The highest BCUT2D eigenvalue weighted by atomic mass is 16.5. The molecule has 0 spiro atoms. The Kier molecular flexibility index (Phi) is 23.4. The maximum atomic E-state index is 13.9. The van der Waals surface area contributed by atoms with Crippen LogP contribution >= 0.6 is 0 Å². The van der Waals surface area contributed by atoms with Crippen molar-refractivity contribution >= 4 is 53.2 Å². The normalized spacial score (nSPS) is 29.1. The fraction of sp³-hybridized carbons (Fsp3) is 0.667. The van der Waals surface area contributed by atoms with Gasteiger partial charge in [0.1, 0.15) is 30.3 Å². The Morgan fingerprint density at radius 2 is 1.49 bits per heavy atom. The van der Waals surface area contributed by atoms with E-state index >= 15 is 0 Å². The minimum absolute atomic E-state index is 0.208. The number of esters is 1. The van der Waals surface area contributed by atoms with Gasteiger partial charge in [-0.05, 0) is 24.7 Å². The molecule has 0 aromatic heterocycles. The Balaban J connectivity index is 3.69. The number of allylic oxidation sites excluding steroid dienone is 2. The second-order valence-corrected chi connectivity index (χ2v) is 15.2. The first-order valence-electron chi connectivity index (χ1n) is 20.0. The molecule has 22 heteroatoms. The number of rotatable bonds is 10. The van der Waals surface area contributed by atoms with Crippen LogP contribution in [0.15, 0.2) is 24.3 Å². The molecule has 1 aliphatic heterocycles. The average molecular weight is 869 g/mol. The highest BCUT2D eigenvalue weighted by molar-refractivity contribution is 5.99. The Hall–Kier alpha value is -5.45. The van der Waals surface area contributed by atoms with Crippen LogP contribution in [0.25, 0.3) is 0 Å². The molecule has 8 amide bonds. The van der Waals surface area contributed by atoms with Gasteiger partial charge in [0.25, 0.3) is 0 Å². The van der Waals surface area contributed by atoms with E-state index in [2.05, 4.69) is 31.9 Å². The lowest BCUT2D eigenvalue weighted by atomic mass is 9.85. The summed E-state index contributed by atoms with van der Waals surface area (Å²) < 4.78 is 11.8. The Morgan fingerprint density at radius 1 is 0.869 bits per heavy atom. The highest BCUT2D eigenvalue weighted by Gasteiger charge is 2.41. The van der Waals surface area contributed by atoms with Gasteiger partial charge in [0.2, 0.25) is 47.3 Å². The van der Waals surface area contributed by atoms with E-state index < -0.39 is 139 Å². The number of cyclic esters (lactones) is 1. The Bertz CT molecular complexity index is 1610. The molecule has 61 heavy (non-hydrogen) atoms. The minimum atomic E-state index is -2.40. The number of methoxy groups -OCH3 is 1. The van der Waals surface area contributed by atoms with Gasteiger partial charge in [-0.3, -0.25) is 38.4 Å². The highest BCUT2D eigenvalue weighted by Crippen LogP contribution is 2.28. The lowest BCUT2D eigenvalue weighted by molar-refractivity contribution is -0.163. The van der Waals surface area contributed by atoms with Crippen LogP contribution in [-0.2, 0) is 52.6 Å². The quantitative estimate of drug-likeness (QED) is 0.0934. The van der Waals surface area contributed by atoms with Crippen LogP contribution in [0.5, 0.6) is 0 Å². The Morgan fingerprint density at radius 3 is 2.05 bits per heavy atom. The van der Waals surface area contributed by atoms with Gasteiger partial charge >= 0.3 is 5.97 Å². The molecule has 1 aliphatic rings. The van der Waals surface area contributed by atoms with Crippen LogP contribution in [0.2, 0.25) is 0 Å². The molecular formula is C39H64N8O14. The number of nitrogens with two attached hydrogens (primary N) is 2. The third-order valence-corrected chi connectivity index (χ3v) is 9.97. The van der Waals surface area contributed by atoms with E-state index in [1.54, 1.807) is 26.0 Å². The summed E-state index contributed by atoms with van der Waals surface area (Å²) in [5.41, 5.74) is 10.7. The minimum Gasteiger partial charge on any atom is -0.460 e. The molecule has 0 aliphatic carbocycles. The number of ether oxygens (including phenoxy) is 2. The zero-order valence-electron chi connectivity index (χ0n) is 35.7. The van der Waals surface area contributed by atoms with E-state index in [4.69, 9.17) is 20.9 Å². The maximum Gasteiger partial charge on any atom is 0.329 e. The molecule has 11 atom stereocenters. The molecule has 13 N–H and O–H groups in total. The molecule has 0 saturated carbocycles. The second kappa shape index (κ2) is 26.7. The first-order valence-corrected chi connectivity index (χ1v) is 20.0. The van der Waals surface area contributed by atoms with Crippen LogP contribution in [0.1, 0.15) is 67.2 Å². The summed E-state index contributed by atoms with van der Waals surface area (Å²) in [6, 6.07) is -7.11. The summed E-state index contributed by atoms with van der Waals surface area (Å²) in [6.07, 6.45) is 1.94. The summed E-state index contributed by atoms with van der Waals surface area (Å²) in [7, 11) is 1.48. The maximum absolute atomic E-state index is 13.9. The van der Waals surface area contributed by atoms with E-state index in [9.17, 15) is 58.5 Å². The monoisotopic (exact) mass is 868 g/mol. The van der Waals surface area contributed by atoms with Gasteiger partial charge in [-0.1, -0.05) is 66.2 Å². The SMILES string of the molecule is CCC[C@H](C)[C@H]1OC(=O)[C@H](C(C)C)NC(=O)[C@H]([C@@H](O)C(N)=O)NC(=O)[C@H]([C@@H](C)C(N)=O)NC(=O)CNC(=O)[C@H](CO)NC(=O)C[C@H](O)CNC(=O)/C=C\C=C/C[C@H](OC)[C@@H]1C. The molecule has 22 nitrogen and oxygen atoms in total. The second-order valence-electron chi connectivity index (χ2n) is 15.2. The fourth-order valence-electron chi connectivity index (χ4n) is 6.28. The third kappa shape index (κ3) is 18.0. The summed E-state index contributed by atoms with van der Waals surface area (Å²) in [4.78, 5) is 116. The van der Waals surface area contributed by atoms with E-state index in [-0.39, 0.29) is 12.5 Å². The zero-order valence-corrected chi connectivity index (χ0v) is 35.7. The first-order chi connectivity index (χ1) is 28.6. The molecule has 0 bridgehead atoms. The number of nitrogens with one attached hydrogen (secondary N) is 6. The van der Waals surface area contributed by atoms with Gasteiger partial charge in [-0.15, -0.1) is 0 Å². The van der Waals surface area contributed by atoms with Crippen molar-refractivity contribution in [3.8, 4) is 0 Å². The van der Waals surface area contributed by atoms with Crippen LogP contribution < -0.4 is 43.4 Å². The van der Waals surface area contributed by atoms with Crippen LogP contribution in [0.4, 0.5) is 0 Å². The molecule has 0 aromatic rings. The van der Waals surface area contributed by atoms with Gasteiger partial charge in [0.15, 0.2) is 6.10 Å². The molecule has 0 saturated heterocycles. The van der Waals surface area contributed by atoms with Crippen molar-refractivity contribution < 1.29 is 67.9 Å². The van der Waals surface area contributed by atoms with E-state index in [0.717, 1.165) is 13.3 Å². The summed E-state index contributed by atoms with van der Waals surface area (Å²) in [5, 5.41) is 44.1. The average Bonchev–Trinajstić information content (AvgIpc) is 3.20. The number of β-amino-alcohol motifs (C(OH)–C–C–N with tert-alkyl or cyclic N) is 1. The molecule has 0 fully saturated rings. The summed E-state index contributed by atoms with van der Waals surface area (Å²) in [6.45, 7) is 7.77. The number of hydrogen-bond donors (Lipinski definition) is 11. The van der Waals surface area contributed by atoms with Crippen molar-refractivity contribution in [1.29, 1.82) is 0 Å². The predicted molar refractivity (Wildman–Crippen MR) is 217 cm³/mol. The molecule has 344 valence electrons. The topological polar surface area (TPSA) is 357 Å². The standard InChI is InChI=1S/C39H64N8O14/c1-8-12-20(4)33-21(5)25(60-7)13-10-9-11-14-26(50)42-16-23(49)15-27(51)44-24(18-48)36(56)43-17-28(52)45-30(22(6)34(40)54)37(57)47-31(32(53)35(41)55)38(58)46-29(19(2)3)39(59)61-33/h9-11,14,19-25,29-33,48-49,53H,8,12-13,15-18H2,1-7H3,(H2,40,54)(H2,41,55)(H,42,50)(H,43,56)(H,44,51)(H,45,52)(H,46,58)(H,47,57)/b10-9-,14-11-/t20-,21-,22+,23-,24-,25-,29-,30-,31-,32+,33+/m0/s1. The molecule has 1 heterocycles. The number of primary amides is 2. The van der Waals surface area contributed by atoms with Crippen LogP contribution in [0.3, 0.4) is 0 Å². The van der Waals surface area contributed by atoms with Gasteiger partial charge < -0.3 is 68.2 Å². The number of carbonyl (C=O) groups excluding carboxylic acids is 9. The smallest absolute Gasteiger partial charge is 0.329 e. The zero-order chi connectivity index (χ0) is 46.6. The van der Waals surface area contributed by atoms with Gasteiger partial charge in [-0.2, -0.15) is 0 Å². The van der Waals surface area contributed by atoms with Crippen LogP contribution in [0, 0.1) is 23.7 Å². The first kappa shape index (κ1) is 53.6. The third-order valence-electron chi connectivity index (χ3n) is 9.97. The van der Waals surface area contributed by atoms with Crippen molar-refractivity contribution in [2.75, 3.05) is 26.8 Å². The molecule has 0 unspecified atom stereocenters. The molecular weight excluding hydrogens is 804 g/mol. The number of aliphatic hydroxyl groups excluding tert-OH is 3. The van der Waals surface area contributed by atoms with E-state index in [0.29, 0.717) is 12.8 Å². The molecule has 1 rings (SSSR count). The van der Waals surface area contributed by atoms with Crippen LogP contribution in [-0.4, -0.2) is 144 Å². The Labute approximate surface area is 354 Å². The number of amides is 8. The lowest BCUT2D eigenvalue weighted by Crippen LogP contribution is -2.64. The molecule has 0 radical (unpaired) electrons. The van der Waals surface area contributed by atoms with E-state index in [1.165, 1.54) is 19.3 Å². The fourth-order valence-corrected chi connectivity index (χ4v) is 6.28. The van der Waals surface area contributed by atoms with Crippen molar-refractivity contribution in [3.63, 3.8) is 0 Å². The van der Waals surface area contributed by atoms with E-state index in [1.807, 2.05) is 20.8 Å². The van der Waals surface area contributed by atoms with Gasteiger partial charge in [0.05, 0.1) is 37.7 Å². The largest absolute Gasteiger partial charge is 0.460 e. The number of aliphatic hydroxyl groups is 3. The van der Waals surface area contributed by atoms with Crippen molar-refractivity contribution in [2.24, 2.45) is 35.1 Å². The molecule has 0 aromatic carbocycles. The van der Waals surface area contributed by atoms with Crippen molar-refractivity contribution in [2.45, 2.75) is 116 Å². The number of hydrogen-bond acceptors (Lipinski definition) is 14. The van der Waals surface area contributed by atoms with Gasteiger partial charge in [0, 0.05) is 25.6 Å². The van der Waals surface area contributed by atoms with Crippen molar-refractivity contribution in [1.82, 2.24) is 31.9 Å². The summed E-state index contributed by atoms with van der Waals surface area (Å²) >= 11 is 0. The van der Waals surface area contributed by atoms with Gasteiger partial charge in [-0.25, -0.2) is 4.79 Å².